The highest BCUT2D eigenvalue weighted by molar-refractivity contribution is 7.85. The van der Waals surface area contributed by atoms with Crippen LogP contribution >= 0.6 is 11.6 Å². The van der Waals surface area contributed by atoms with E-state index >= 15 is 0 Å². The van der Waals surface area contributed by atoms with Crippen LogP contribution in [-0.2, 0) is 20.4 Å². The molecule has 2 aliphatic rings. The van der Waals surface area contributed by atoms with Crippen molar-refractivity contribution >= 4 is 40.2 Å². The van der Waals surface area contributed by atoms with Crippen LogP contribution in [0.3, 0.4) is 0 Å². The second kappa shape index (κ2) is 6.18. The van der Waals surface area contributed by atoms with Gasteiger partial charge in [0.05, 0.1) is 31.8 Å². The number of hydrogen-bond acceptors (Lipinski definition) is 4. The average Bonchev–Trinajstić information content (AvgIpc) is 2.87. The summed E-state index contributed by atoms with van der Waals surface area (Å²) >= 11 is 5.96. The fraction of sp³-hybridized carbons (Fsp3) is 0.400. The molecule has 7 nitrogen and oxygen atoms in total. The van der Waals surface area contributed by atoms with Crippen molar-refractivity contribution in [2.45, 2.75) is 23.3 Å². The third kappa shape index (κ3) is 3.16. The third-order valence-corrected chi connectivity index (χ3v) is 6.03. The maximum absolute atomic E-state index is 12.3. The summed E-state index contributed by atoms with van der Waals surface area (Å²) in [6, 6.07) is 3.89. The lowest BCUT2D eigenvalue weighted by atomic mass is 9.88. The molecule has 9 heteroatoms. The first-order valence-electron chi connectivity index (χ1n) is 7.30. The first kappa shape index (κ1) is 16.9. The molecule has 1 atom stereocenters. The van der Waals surface area contributed by atoms with Crippen molar-refractivity contribution in [3.63, 3.8) is 0 Å². The van der Waals surface area contributed by atoms with Crippen molar-refractivity contribution in [3.8, 4) is 0 Å². The molecule has 0 radical (unpaired) electrons. The minimum Gasteiger partial charge on any atom is -0.478 e. The lowest BCUT2D eigenvalue weighted by Gasteiger charge is -2.47. The number of likely N-dealkylation sites (tertiary alicyclic amines) is 1. The Kier molecular flexibility index (Phi) is 4.35. The average molecular weight is 371 g/mol. The molecule has 2 amide bonds. The zero-order chi connectivity index (χ0) is 17.5. The number of halogens is 1. The molecule has 24 heavy (non-hydrogen) atoms. The zero-order valence-corrected chi connectivity index (χ0v) is 14.2. The number of benzene rings is 1. The molecular formula is C15H15ClN2O5S. The van der Waals surface area contributed by atoms with E-state index in [1.54, 1.807) is 4.90 Å². The molecule has 3 rings (SSSR count). The van der Waals surface area contributed by atoms with Crippen LogP contribution in [0.5, 0.6) is 0 Å². The monoisotopic (exact) mass is 370 g/mol. The topological polar surface area (TPSA) is 104 Å². The number of nitrogens with zero attached hydrogens (tertiary/aromatic N) is 1. The van der Waals surface area contributed by atoms with Gasteiger partial charge in [-0.05, 0) is 24.6 Å². The lowest BCUT2D eigenvalue weighted by molar-refractivity contribution is -0.137. The van der Waals surface area contributed by atoms with Gasteiger partial charge in [-0.3, -0.25) is 13.8 Å². The number of carbonyl (C=O) groups excluding carboxylic acids is 2. The largest absolute Gasteiger partial charge is 0.478 e. The molecule has 2 heterocycles. The van der Waals surface area contributed by atoms with Crippen molar-refractivity contribution in [2.75, 3.05) is 18.8 Å². The van der Waals surface area contributed by atoms with Gasteiger partial charge in [0, 0.05) is 19.5 Å². The standard InChI is InChI=1S/C15H15ClN2O5S/c16-10-5-9(14(21)22)1-2-11(10)24(23)6-13(20)18-7-15(8-18)4-3-12(19)17-15/h1-2,5H,3-4,6-8H2,(H,17,19)(H,21,22). The summed E-state index contributed by atoms with van der Waals surface area (Å²) in [5, 5.41) is 11.8. The molecular weight excluding hydrogens is 356 g/mol. The SMILES string of the molecule is O=C1CCC2(CN(C(=O)CS(=O)c3ccc(C(=O)O)cc3Cl)C2)N1. The summed E-state index contributed by atoms with van der Waals surface area (Å²) < 4.78 is 12.3. The molecule has 0 bridgehead atoms. The van der Waals surface area contributed by atoms with Crippen LogP contribution in [0, 0.1) is 0 Å². The summed E-state index contributed by atoms with van der Waals surface area (Å²) in [5.74, 6) is -1.64. The van der Waals surface area contributed by atoms with E-state index in [1.165, 1.54) is 18.2 Å². The molecule has 1 aromatic rings. The lowest BCUT2D eigenvalue weighted by Crippen LogP contribution is -2.68. The molecule has 1 unspecified atom stereocenters. The van der Waals surface area contributed by atoms with Crippen LogP contribution in [-0.4, -0.2) is 56.4 Å². The van der Waals surface area contributed by atoms with Crippen LogP contribution in [0.2, 0.25) is 5.02 Å². The van der Waals surface area contributed by atoms with Gasteiger partial charge in [0.1, 0.15) is 5.75 Å². The van der Waals surface area contributed by atoms with Crippen molar-refractivity contribution in [1.82, 2.24) is 10.2 Å². The van der Waals surface area contributed by atoms with Gasteiger partial charge in [-0.15, -0.1) is 0 Å². The van der Waals surface area contributed by atoms with Gasteiger partial charge >= 0.3 is 5.97 Å². The first-order chi connectivity index (χ1) is 11.3. The number of carboxylic acids is 1. The number of hydrogen-bond donors (Lipinski definition) is 2. The molecule has 128 valence electrons. The van der Waals surface area contributed by atoms with E-state index in [9.17, 15) is 18.6 Å². The normalized spacial score (nSPS) is 19.7. The Morgan fingerprint density at radius 1 is 1.38 bits per heavy atom. The summed E-state index contributed by atoms with van der Waals surface area (Å²) in [6.45, 7) is 0.862. The van der Waals surface area contributed by atoms with E-state index in [1.807, 2.05) is 0 Å². The van der Waals surface area contributed by atoms with Gasteiger partial charge in [0.15, 0.2) is 0 Å². The fourth-order valence-corrected chi connectivity index (χ4v) is 4.47. The maximum atomic E-state index is 12.3. The highest BCUT2D eigenvalue weighted by atomic mass is 35.5. The van der Waals surface area contributed by atoms with Crippen molar-refractivity contribution in [3.05, 3.63) is 28.8 Å². The van der Waals surface area contributed by atoms with Crippen LogP contribution in [0.1, 0.15) is 23.2 Å². The van der Waals surface area contributed by atoms with Crippen LogP contribution in [0.15, 0.2) is 23.1 Å². The smallest absolute Gasteiger partial charge is 0.335 e. The van der Waals surface area contributed by atoms with Gasteiger partial charge < -0.3 is 15.3 Å². The molecule has 0 aliphatic carbocycles. The Labute approximate surface area is 145 Å². The molecule has 2 N–H and O–H groups in total. The van der Waals surface area contributed by atoms with Crippen LogP contribution < -0.4 is 5.32 Å². The highest BCUT2D eigenvalue weighted by Crippen LogP contribution is 2.31. The Balaban J connectivity index is 1.60. The molecule has 0 saturated carbocycles. The molecule has 2 aliphatic heterocycles. The second-order valence-corrected chi connectivity index (χ2v) is 7.85. The summed E-state index contributed by atoms with van der Waals surface area (Å²) in [7, 11) is -1.66. The number of carboxylic acid groups (broad SMARTS) is 1. The predicted octanol–water partition coefficient (Wildman–Crippen LogP) is 0.637. The predicted molar refractivity (Wildman–Crippen MR) is 86.4 cm³/mol. The summed E-state index contributed by atoms with van der Waals surface area (Å²) in [6.07, 6.45) is 1.18. The quantitative estimate of drug-likeness (QED) is 0.809. The van der Waals surface area contributed by atoms with Gasteiger partial charge in [-0.2, -0.15) is 0 Å². The van der Waals surface area contributed by atoms with Crippen molar-refractivity contribution in [2.24, 2.45) is 0 Å². The molecule has 2 fully saturated rings. The number of carbonyl (C=O) groups is 3. The minimum absolute atomic E-state index is 0.00372. The summed E-state index contributed by atoms with van der Waals surface area (Å²) in [4.78, 5) is 36.1. The number of rotatable bonds is 4. The van der Waals surface area contributed by atoms with E-state index in [-0.39, 0.29) is 38.6 Å². The molecule has 1 aromatic carbocycles. The van der Waals surface area contributed by atoms with Crippen LogP contribution in [0.25, 0.3) is 0 Å². The van der Waals surface area contributed by atoms with E-state index in [0.29, 0.717) is 25.9 Å². The molecule has 0 aromatic heterocycles. The van der Waals surface area contributed by atoms with E-state index in [0.717, 1.165) is 0 Å². The number of aromatic carboxylic acids is 1. The van der Waals surface area contributed by atoms with Crippen molar-refractivity contribution in [1.29, 1.82) is 0 Å². The van der Waals surface area contributed by atoms with Crippen molar-refractivity contribution < 1.29 is 23.7 Å². The summed E-state index contributed by atoms with van der Waals surface area (Å²) in [5.41, 5.74) is -0.316. The number of amides is 2. The van der Waals surface area contributed by atoms with Gasteiger partial charge in [-0.25, -0.2) is 4.79 Å². The van der Waals surface area contributed by atoms with Crippen LogP contribution in [0.4, 0.5) is 0 Å². The van der Waals surface area contributed by atoms with Gasteiger partial charge in [-0.1, -0.05) is 11.6 Å². The van der Waals surface area contributed by atoms with Gasteiger partial charge in [0.2, 0.25) is 11.8 Å². The Morgan fingerprint density at radius 3 is 2.62 bits per heavy atom. The minimum atomic E-state index is -1.66. The number of nitrogens with one attached hydrogen (secondary N) is 1. The zero-order valence-electron chi connectivity index (χ0n) is 12.6. The second-order valence-electron chi connectivity index (χ2n) is 6.02. The Hall–Kier alpha value is -1.93. The molecule has 1 spiro atoms. The Bertz CT molecular complexity index is 760. The highest BCUT2D eigenvalue weighted by Gasteiger charge is 2.49. The fourth-order valence-electron chi connectivity index (χ4n) is 2.97. The van der Waals surface area contributed by atoms with E-state index in [4.69, 9.17) is 16.7 Å². The Morgan fingerprint density at radius 2 is 2.08 bits per heavy atom. The van der Waals surface area contributed by atoms with E-state index in [2.05, 4.69) is 5.32 Å². The third-order valence-electron chi connectivity index (χ3n) is 4.25. The molecule has 2 saturated heterocycles. The first-order valence-corrected chi connectivity index (χ1v) is 8.99. The van der Waals surface area contributed by atoms with Gasteiger partial charge in [0.25, 0.3) is 0 Å². The maximum Gasteiger partial charge on any atom is 0.335 e. The van der Waals surface area contributed by atoms with E-state index < -0.39 is 16.8 Å².